The molecular weight excluding hydrogens is 218 g/mol. The van der Waals surface area contributed by atoms with E-state index in [9.17, 15) is 4.79 Å². The molecule has 1 N–H and O–H groups in total. The van der Waals surface area contributed by atoms with Gasteiger partial charge in [-0.2, -0.15) is 0 Å². The van der Waals surface area contributed by atoms with Crippen LogP contribution in [0.3, 0.4) is 0 Å². The summed E-state index contributed by atoms with van der Waals surface area (Å²) in [5.74, 6) is -0.128. The van der Waals surface area contributed by atoms with Gasteiger partial charge in [-0.05, 0) is 30.0 Å². The van der Waals surface area contributed by atoms with Crippen LogP contribution in [0, 0.1) is 6.92 Å². The monoisotopic (exact) mass is 231 g/mol. The Morgan fingerprint density at radius 3 is 2.94 bits per heavy atom. The minimum Gasteiger partial charge on any atom is -0.348 e. The number of carbonyl (C=O) groups excluding carboxylic acids is 1. The number of thiophene rings is 1. The fourth-order valence-electron chi connectivity index (χ4n) is 1.63. The summed E-state index contributed by atoms with van der Waals surface area (Å²) in [5, 5.41) is 4.08. The molecule has 0 spiro atoms. The van der Waals surface area contributed by atoms with Crippen LogP contribution in [0.2, 0.25) is 0 Å². The highest BCUT2D eigenvalue weighted by Crippen LogP contribution is 2.30. The summed E-state index contributed by atoms with van der Waals surface area (Å²) >= 11 is 1.73. The second kappa shape index (κ2) is 4.49. The first-order valence-electron chi connectivity index (χ1n) is 5.09. The van der Waals surface area contributed by atoms with E-state index in [2.05, 4.69) is 31.0 Å². The first-order valence-corrected chi connectivity index (χ1v) is 5.91. The lowest BCUT2D eigenvalue weighted by Gasteiger charge is -2.00. The highest BCUT2D eigenvalue weighted by molar-refractivity contribution is 7.19. The molecule has 82 valence electrons. The summed E-state index contributed by atoms with van der Waals surface area (Å²) in [6, 6.07) is 8.28. The summed E-state index contributed by atoms with van der Waals surface area (Å²) in [5.41, 5.74) is 1.25. The standard InChI is InChI=1S/C13H13NOS/c1-3-13(15)14-8-12-9(2)10-6-4-5-7-11(10)16-12/h3-7H,1,8H2,2H3,(H,14,15). The lowest BCUT2D eigenvalue weighted by Crippen LogP contribution is -2.19. The molecule has 0 unspecified atom stereocenters. The molecular formula is C13H13NOS. The Labute approximate surface area is 98.6 Å². The third-order valence-corrected chi connectivity index (χ3v) is 3.82. The molecule has 0 aliphatic rings. The van der Waals surface area contributed by atoms with Gasteiger partial charge in [-0.25, -0.2) is 0 Å². The van der Waals surface area contributed by atoms with Crippen LogP contribution in [0.15, 0.2) is 36.9 Å². The van der Waals surface area contributed by atoms with E-state index in [4.69, 9.17) is 0 Å². The van der Waals surface area contributed by atoms with Crippen LogP contribution in [0.1, 0.15) is 10.4 Å². The lowest BCUT2D eigenvalue weighted by molar-refractivity contribution is -0.116. The van der Waals surface area contributed by atoms with Crippen molar-refractivity contribution in [2.45, 2.75) is 13.5 Å². The normalized spacial score (nSPS) is 10.3. The summed E-state index contributed by atoms with van der Waals surface area (Å²) in [4.78, 5) is 12.3. The van der Waals surface area contributed by atoms with E-state index in [1.807, 2.05) is 12.1 Å². The van der Waals surface area contributed by atoms with Crippen LogP contribution >= 0.6 is 11.3 Å². The van der Waals surface area contributed by atoms with Crippen molar-refractivity contribution in [3.63, 3.8) is 0 Å². The third-order valence-electron chi connectivity index (χ3n) is 2.55. The van der Waals surface area contributed by atoms with Gasteiger partial charge in [0.25, 0.3) is 0 Å². The van der Waals surface area contributed by atoms with Crippen LogP contribution in [0.25, 0.3) is 10.1 Å². The second-order valence-electron chi connectivity index (χ2n) is 3.57. The first kappa shape index (κ1) is 10.9. The maximum atomic E-state index is 11.1. The largest absolute Gasteiger partial charge is 0.348 e. The fraction of sp³-hybridized carbons (Fsp3) is 0.154. The van der Waals surface area contributed by atoms with Crippen molar-refractivity contribution >= 4 is 27.3 Å². The summed E-state index contributed by atoms with van der Waals surface area (Å²) in [7, 11) is 0. The zero-order valence-electron chi connectivity index (χ0n) is 9.12. The fourth-order valence-corrected chi connectivity index (χ4v) is 2.78. The van der Waals surface area contributed by atoms with E-state index >= 15 is 0 Å². The van der Waals surface area contributed by atoms with Gasteiger partial charge in [-0.3, -0.25) is 4.79 Å². The smallest absolute Gasteiger partial charge is 0.243 e. The number of aryl methyl sites for hydroxylation is 1. The molecule has 0 saturated heterocycles. The van der Waals surface area contributed by atoms with E-state index in [1.54, 1.807) is 11.3 Å². The van der Waals surface area contributed by atoms with Crippen LogP contribution in [0.4, 0.5) is 0 Å². The number of carbonyl (C=O) groups is 1. The van der Waals surface area contributed by atoms with E-state index in [0.29, 0.717) is 6.54 Å². The highest BCUT2D eigenvalue weighted by atomic mass is 32.1. The maximum Gasteiger partial charge on any atom is 0.243 e. The Morgan fingerprint density at radius 1 is 1.50 bits per heavy atom. The van der Waals surface area contributed by atoms with Crippen molar-refractivity contribution in [2.24, 2.45) is 0 Å². The van der Waals surface area contributed by atoms with Crippen LogP contribution in [-0.4, -0.2) is 5.91 Å². The van der Waals surface area contributed by atoms with Crippen molar-refractivity contribution in [1.82, 2.24) is 5.32 Å². The molecule has 0 bridgehead atoms. The van der Waals surface area contributed by atoms with Crippen LogP contribution in [-0.2, 0) is 11.3 Å². The molecule has 2 aromatic rings. The van der Waals surface area contributed by atoms with Crippen molar-refractivity contribution in [2.75, 3.05) is 0 Å². The molecule has 1 aromatic carbocycles. The summed E-state index contributed by atoms with van der Waals surface area (Å²) in [6.45, 7) is 6.10. The number of nitrogens with one attached hydrogen (secondary N) is 1. The first-order chi connectivity index (χ1) is 7.72. The Kier molecular flexibility index (Phi) is 3.06. The molecule has 0 radical (unpaired) electrons. The van der Waals surface area contributed by atoms with E-state index in [1.165, 1.54) is 26.6 Å². The minimum absolute atomic E-state index is 0.128. The quantitative estimate of drug-likeness (QED) is 0.808. The SMILES string of the molecule is C=CC(=O)NCc1sc2ccccc2c1C. The van der Waals surface area contributed by atoms with E-state index in [0.717, 1.165) is 0 Å². The summed E-state index contributed by atoms with van der Waals surface area (Å²) in [6.07, 6.45) is 1.29. The van der Waals surface area contributed by atoms with Gasteiger partial charge in [0.15, 0.2) is 0 Å². The predicted molar refractivity (Wildman–Crippen MR) is 68.6 cm³/mol. The molecule has 16 heavy (non-hydrogen) atoms. The van der Waals surface area contributed by atoms with Crippen molar-refractivity contribution in [1.29, 1.82) is 0 Å². The molecule has 1 amide bonds. The molecule has 0 atom stereocenters. The molecule has 2 nitrogen and oxygen atoms in total. The molecule has 2 rings (SSSR count). The Morgan fingerprint density at radius 2 is 2.25 bits per heavy atom. The molecule has 0 saturated carbocycles. The van der Waals surface area contributed by atoms with Crippen molar-refractivity contribution in [3.8, 4) is 0 Å². The maximum absolute atomic E-state index is 11.1. The molecule has 1 heterocycles. The number of benzene rings is 1. The predicted octanol–water partition coefficient (Wildman–Crippen LogP) is 3.01. The molecule has 1 aromatic heterocycles. The van der Waals surface area contributed by atoms with Gasteiger partial charge in [0.05, 0.1) is 6.54 Å². The average Bonchev–Trinajstić information content (AvgIpc) is 2.64. The molecule has 0 aliphatic carbocycles. The van der Waals surface area contributed by atoms with Gasteiger partial charge >= 0.3 is 0 Å². The molecule has 3 heteroatoms. The van der Waals surface area contributed by atoms with Gasteiger partial charge in [0.2, 0.25) is 5.91 Å². The van der Waals surface area contributed by atoms with E-state index < -0.39 is 0 Å². The molecule has 0 fully saturated rings. The number of hydrogen-bond acceptors (Lipinski definition) is 2. The van der Waals surface area contributed by atoms with Gasteiger partial charge in [-0.15, -0.1) is 11.3 Å². The van der Waals surface area contributed by atoms with Gasteiger partial charge in [0.1, 0.15) is 0 Å². The highest BCUT2D eigenvalue weighted by Gasteiger charge is 2.07. The van der Waals surface area contributed by atoms with Gasteiger partial charge in [0, 0.05) is 9.58 Å². The summed E-state index contributed by atoms with van der Waals surface area (Å²) < 4.78 is 1.27. The van der Waals surface area contributed by atoms with Crippen molar-refractivity contribution in [3.05, 3.63) is 47.4 Å². The Balaban J connectivity index is 2.28. The average molecular weight is 231 g/mol. The molecule has 0 aliphatic heterocycles. The number of hydrogen-bond donors (Lipinski definition) is 1. The van der Waals surface area contributed by atoms with Crippen LogP contribution < -0.4 is 5.32 Å². The minimum atomic E-state index is -0.128. The Bertz CT molecular complexity index is 542. The zero-order valence-corrected chi connectivity index (χ0v) is 9.93. The van der Waals surface area contributed by atoms with Gasteiger partial charge in [-0.1, -0.05) is 24.8 Å². The zero-order chi connectivity index (χ0) is 11.5. The third kappa shape index (κ3) is 1.99. The Hall–Kier alpha value is -1.61. The lowest BCUT2D eigenvalue weighted by atomic mass is 10.1. The number of rotatable bonds is 3. The number of fused-ring (bicyclic) bond motifs is 1. The second-order valence-corrected chi connectivity index (χ2v) is 4.71. The van der Waals surface area contributed by atoms with Crippen molar-refractivity contribution < 1.29 is 4.79 Å². The van der Waals surface area contributed by atoms with E-state index in [-0.39, 0.29) is 5.91 Å². The topological polar surface area (TPSA) is 29.1 Å². The number of amides is 1. The van der Waals surface area contributed by atoms with Crippen LogP contribution in [0.5, 0.6) is 0 Å². The van der Waals surface area contributed by atoms with Gasteiger partial charge < -0.3 is 5.32 Å².